The van der Waals surface area contributed by atoms with E-state index in [1.165, 1.54) is 32.1 Å². The lowest BCUT2D eigenvalue weighted by molar-refractivity contribution is -0.0420. The van der Waals surface area contributed by atoms with Crippen molar-refractivity contribution in [1.29, 1.82) is 0 Å². The predicted molar refractivity (Wildman–Crippen MR) is 71.3 cm³/mol. The molecule has 0 aromatic carbocycles. The average molecular weight is 240 g/mol. The summed E-state index contributed by atoms with van der Waals surface area (Å²) in [6.45, 7) is 6.33. The fourth-order valence-electron chi connectivity index (χ4n) is 3.29. The molecule has 2 atom stereocenters. The molecule has 100 valence electrons. The van der Waals surface area contributed by atoms with Crippen LogP contribution in [-0.2, 0) is 4.74 Å². The molecule has 0 aromatic heterocycles. The van der Waals surface area contributed by atoms with Crippen LogP contribution in [0.5, 0.6) is 0 Å². The second-order valence-corrected chi connectivity index (χ2v) is 5.72. The van der Waals surface area contributed by atoms with E-state index in [1.807, 2.05) is 0 Å². The quantitative estimate of drug-likeness (QED) is 0.794. The van der Waals surface area contributed by atoms with Crippen molar-refractivity contribution >= 4 is 0 Å². The lowest BCUT2D eigenvalue weighted by Crippen LogP contribution is -2.51. The first-order valence-corrected chi connectivity index (χ1v) is 7.33. The Labute approximate surface area is 106 Å². The number of nitrogens with one attached hydrogen (secondary N) is 1. The molecule has 2 aliphatic rings. The van der Waals surface area contributed by atoms with Gasteiger partial charge < -0.3 is 15.0 Å². The minimum atomic E-state index is 0.397. The zero-order valence-electron chi connectivity index (χ0n) is 11.5. The van der Waals surface area contributed by atoms with Crippen molar-refractivity contribution in [2.75, 3.05) is 33.3 Å². The zero-order chi connectivity index (χ0) is 12.1. The topological polar surface area (TPSA) is 24.5 Å². The summed E-state index contributed by atoms with van der Waals surface area (Å²) in [5, 5.41) is 3.65. The molecule has 2 fully saturated rings. The van der Waals surface area contributed by atoms with Crippen LogP contribution in [0.15, 0.2) is 0 Å². The monoisotopic (exact) mass is 240 g/mol. The second-order valence-electron chi connectivity index (χ2n) is 5.72. The molecule has 17 heavy (non-hydrogen) atoms. The number of hydrogen-bond donors (Lipinski definition) is 1. The van der Waals surface area contributed by atoms with Gasteiger partial charge in [0.15, 0.2) is 0 Å². The van der Waals surface area contributed by atoms with Crippen molar-refractivity contribution in [2.45, 2.75) is 51.2 Å². The Kier molecular flexibility index (Phi) is 5.26. The minimum Gasteiger partial charge on any atom is -0.374 e. The van der Waals surface area contributed by atoms with Crippen LogP contribution >= 0.6 is 0 Å². The lowest BCUT2D eigenvalue weighted by Gasteiger charge is -2.36. The summed E-state index contributed by atoms with van der Waals surface area (Å²) in [6.07, 6.45) is 7.46. The molecule has 0 spiro atoms. The Balaban J connectivity index is 1.85. The molecule has 1 aliphatic carbocycles. The van der Waals surface area contributed by atoms with Crippen molar-refractivity contribution in [3.63, 3.8) is 0 Å². The first kappa shape index (κ1) is 13.3. The number of likely N-dealkylation sites (N-methyl/N-ethyl adjacent to an activating group) is 2. The van der Waals surface area contributed by atoms with Gasteiger partial charge in [-0.25, -0.2) is 0 Å². The van der Waals surface area contributed by atoms with E-state index in [-0.39, 0.29) is 0 Å². The van der Waals surface area contributed by atoms with Gasteiger partial charge in [-0.15, -0.1) is 0 Å². The highest BCUT2D eigenvalue weighted by atomic mass is 16.5. The molecule has 2 unspecified atom stereocenters. The first-order valence-electron chi connectivity index (χ1n) is 7.33. The first-order chi connectivity index (χ1) is 8.29. The largest absolute Gasteiger partial charge is 0.374 e. The smallest absolute Gasteiger partial charge is 0.0855 e. The summed E-state index contributed by atoms with van der Waals surface area (Å²) >= 11 is 0. The summed E-state index contributed by atoms with van der Waals surface area (Å²) in [7, 11) is 2.20. The summed E-state index contributed by atoms with van der Waals surface area (Å²) < 4.78 is 5.97. The summed E-state index contributed by atoms with van der Waals surface area (Å²) in [5.74, 6) is 0.940. The van der Waals surface area contributed by atoms with E-state index in [9.17, 15) is 0 Å². The van der Waals surface area contributed by atoms with Crippen LogP contribution < -0.4 is 5.32 Å². The molecule has 0 aromatic rings. The fourth-order valence-corrected chi connectivity index (χ4v) is 3.29. The van der Waals surface area contributed by atoms with Gasteiger partial charge in [0.2, 0.25) is 0 Å². The van der Waals surface area contributed by atoms with Crippen molar-refractivity contribution in [1.82, 2.24) is 10.2 Å². The fraction of sp³-hybridized carbons (Fsp3) is 1.00. The number of hydrogen-bond acceptors (Lipinski definition) is 3. The maximum atomic E-state index is 5.97. The van der Waals surface area contributed by atoms with E-state index >= 15 is 0 Å². The van der Waals surface area contributed by atoms with Crippen LogP contribution in [0.2, 0.25) is 0 Å². The molecule has 1 saturated heterocycles. The average Bonchev–Trinajstić information content (AvgIpc) is 2.81. The SMILES string of the molecule is CCNC(CC1CCCC1)C1CN(C)CCO1. The van der Waals surface area contributed by atoms with Crippen LogP contribution in [0.25, 0.3) is 0 Å². The predicted octanol–water partition coefficient (Wildman–Crippen LogP) is 1.88. The molecular formula is C14H28N2O. The van der Waals surface area contributed by atoms with Crippen LogP contribution in [0.1, 0.15) is 39.0 Å². The third kappa shape index (κ3) is 3.94. The Morgan fingerprint density at radius 3 is 2.76 bits per heavy atom. The number of morpholine rings is 1. The van der Waals surface area contributed by atoms with Crippen molar-refractivity contribution in [3.05, 3.63) is 0 Å². The minimum absolute atomic E-state index is 0.397. The number of ether oxygens (including phenoxy) is 1. The Morgan fingerprint density at radius 1 is 1.35 bits per heavy atom. The maximum Gasteiger partial charge on any atom is 0.0855 e. The second kappa shape index (κ2) is 6.72. The van der Waals surface area contributed by atoms with Gasteiger partial charge in [0.25, 0.3) is 0 Å². The van der Waals surface area contributed by atoms with E-state index in [0.717, 1.165) is 32.2 Å². The normalized spacial score (nSPS) is 29.6. The molecule has 3 heteroatoms. The summed E-state index contributed by atoms with van der Waals surface area (Å²) in [5.41, 5.74) is 0. The van der Waals surface area contributed by atoms with Crippen molar-refractivity contribution < 1.29 is 4.74 Å². The van der Waals surface area contributed by atoms with Crippen molar-refractivity contribution in [2.24, 2.45) is 5.92 Å². The van der Waals surface area contributed by atoms with Crippen LogP contribution in [0.3, 0.4) is 0 Å². The standard InChI is InChI=1S/C14H28N2O/c1-3-15-13(10-12-6-4-5-7-12)14-11-16(2)8-9-17-14/h12-15H,3-11H2,1-2H3. The van der Waals surface area contributed by atoms with Crippen LogP contribution in [-0.4, -0.2) is 50.3 Å². The Hall–Kier alpha value is -0.120. The van der Waals surface area contributed by atoms with Crippen LogP contribution in [0, 0.1) is 5.92 Å². The number of nitrogens with zero attached hydrogens (tertiary/aromatic N) is 1. The lowest BCUT2D eigenvalue weighted by atomic mass is 9.94. The molecule has 1 heterocycles. The molecule has 1 N–H and O–H groups in total. The molecule has 2 rings (SSSR count). The molecule has 1 saturated carbocycles. The number of rotatable bonds is 5. The molecule has 0 radical (unpaired) electrons. The molecular weight excluding hydrogens is 212 g/mol. The van der Waals surface area contributed by atoms with Crippen LogP contribution in [0.4, 0.5) is 0 Å². The van der Waals surface area contributed by atoms with E-state index in [2.05, 4.69) is 24.2 Å². The molecule has 3 nitrogen and oxygen atoms in total. The van der Waals surface area contributed by atoms with Gasteiger partial charge in [-0.1, -0.05) is 32.6 Å². The van der Waals surface area contributed by atoms with Gasteiger partial charge in [0, 0.05) is 19.1 Å². The van der Waals surface area contributed by atoms with E-state index in [4.69, 9.17) is 4.74 Å². The van der Waals surface area contributed by atoms with Crippen molar-refractivity contribution in [3.8, 4) is 0 Å². The van der Waals surface area contributed by atoms with E-state index in [0.29, 0.717) is 12.1 Å². The Bertz CT molecular complexity index is 216. The van der Waals surface area contributed by atoms with Gasteiger partial charge in [0.1, 0.15) is 0 Å². The summed E-state index contributed by atoms with van der Waals surface area (Å²) in [4.78, 5) is 2.40. The highest BCUT2D eigenvalue weighted by Gasteiger charge is 2.29. The maximum absolute atomic E-state index is 5.97. The highest BCUT2D eigenvalue weighted by Crippen LogP contribution is 2.29. The van der Waals surface area contributed by atoms with Gasteiger partial charge in [-0.05, 0) is 25.9 Å². The van der Waals surface area contributed by atoms with Gasteiger partial charge in [0.05, 0.1) is 12.7 Å². The van der Waals surface area contributed by atoms with E-state index in [1.54, 1.807) is 0 Å². The molecule has 0 bridgehead atoms. The Morgan fingerprint density at radius 2 is 2.12 bits per heavy atom. The molecule has 1 aliphatic heterocycles. The zero-order valence-corrected chi connectivity index (χ0v) is 11.5. The highest BCUT2D eigenvalue weighted by molar-refractivity contribution is 4.85. The van der Waals surface area contributed by atoms with Gasteiger partial charge in [-0.3, -0.25) is 0 Å². The third-order valence-electron chi connectivity index (χ3n) is 4.27. The third-order valence-corrected chi connectivity index (χ3v) is 4.27. The summed E-state index contributed by atoms with van der Waals surface area (Å²) in [6, 6.07) is 0.561. The van der Waals surface area contributed by atoms with Gasteiger partial charge >= 0.3 is 0 Å². The van der Waals surface area contributed by atoms with Gasteiger partial charge in [-0.2, -0.15) is 0 Å². The molecule has 0 amide bonds. The van der Waals surface area contributed by atoms with E-state index < -0.39 is 0 Å².